The Labute approximate surface area is 176 Å². The van der Waals surface area contributed by atoms with Crippen LogP contribution in [0.25, 0.3) is 10.9 Å². The van der Waals surface area contributed by atoms with Gasteiger partial charge in [-0.1, -0.05) is 49.9 Å². The van der Waals surface area contributed by atoms with Crippen molar-refractivity contribution in [2.24, 2.45) is 0 Å². The van der Waals surface area contributed by atoms with Crippen molar-refractivity contribution in [2.45, 2.75) is 64.6 Å². The molecule has 0 saturated heterocycles. The first-order valence-electron chi connectivity index (χ1n) is 10.9. The second-order valence-corrected chi connectivity index (χ2v) is 8.43. The first kappa shape index (κ1) is 20.6. The highest BCUT2D eigenvalue weighted by molar-refractivity contribution is 5.98. The first-order chi connectivity index (χ1) is 14.5. The number of aryl methyl sites for hydroxylation is 1. The lowest BCUT2D eigenvalue weighted by molar-refractivity contribution is 0.0684. The van der Waals surface area contributed by atoms with Crippen molar-refractivity contribution in [3.63, 3.8) is 0 Å². The van der Waals surface area contributed by atoms with Gasteiger partial charge >= 0.3 is 5.97 Å². The molecular weight excluding hydrogens is 379 g/mol. The second kappa shape index (κ2) is 9.00. The maximum atomic E-state index is 13.3. The molecule has 158 valence electrons. The number of nitrogens with one attached hydrogen (secondary N) is 1. The summed E-state index contributed by atoms with van der Waals surface area (Å²) in [5.74, 6) is -1.22. The summed E-state index contributed by atoms with van der Waals surface area (Å²) in [6.45, 7) is 2.95. The standard InChI is InChI=1S/C25H29FN2O2/c1-17-8-13-21-22(15-27-20-6-4-2-3-5-7-20)24(25(29)30)28(23(21)14-17)16-18-9-11-19(26)12-10-18/h8-14,20,27H,2-7,15-16H2,1H3,(H,29,30). The lowest BCUT2D eigenvalue weighted by atomic mass is 10.1. The first-order valence-corrected chi connectivity index (χ1v) is 10.9. The largest absolute Gasteiger partial charge is 0.477 e. The molecule has 1 heterocycles. The zero-order valence-electron chi connectivity index (χ0n) is 17.5. The van der Waals surface area contributed by atoms with Crippen LogP contribution < -0.4 is 5.32 Å². The molecule has 1 aromatic heterocycles. The molecule has 2 N–H and O–H groups in total. The third kappa shape index (κ3) is 4.41. The van der Waals surface area contributed by atoms with Gasteiger partial charge in [-0.2, -0.15) is 0 Å². The van der Waals surface area contributed by atoms with Gasteiger partial charge < -0.3 is 15.0 Å². The van der Waals surface area contributed by atoms with Crippen molar-refractivity contribution < 1.29 is 14.3 Å². The molecule has 3 aromatic rings. The summed E-state index contributed by atoms with van der Waals surface area (Å²) < 4.78 is 15.2. The number of rotatable bonds is 6. The number of fused-ring (bicyclic) bond motifs is 1. The summed E-state index contributed by atoms with van der Waals surface area (Å²) in [7, 11) is 0. The maximum absolute atomic E-state index is 13.3. The van der Waals surface area contributed by atoms with E-state index in [1.807, 2.05) is 29.7 Å². The number of carboxylic acids is 1. The van der Waals surface area contributed by atoms with Crippen molar-refractivity contribution in [1.82, 2.24) is 9.88 Å². The molecule has 1 aliphatic carbocycles. The Morgan fingerprint density at radius 3 is 2.47 bits per heavy atom. The van der Waals surface area contributed by atoms with Gasteiger partial charge in [0.25, 0.3) is 0 Å². The number of hydrogen-bond donors (Lipinski definition) is 2. The van der Waals surface area contributed by atoms with Gasteiger partial charge in [0.2, 0.25) is 0 Å². The van der Waals surface area contributed by atoms with Crippen molar-refractivity contribution in [2.75, 3.05) is 0 Å². The van der Waals surface area contributed by atoms with Crippen LogP contribution >= 0.6 is 0 Å². The fourth-order valence-corrected chi connectivity index (χ4v) is 4.62. The third-order valence-corrected chi connectivity index (χ3v) is 6.20. The third-order valence-electron chi connectivity index (χ3n) is 6.20. The van der Waals surface area contributed by atoms with E-state index in [9.17, 15) is 14.3 Å². The average molecular weight is 409 g/mol. The number of aromatic nitrogens is 1. The van der Waals surface area contributed by atoms with Crippen LogP contribution in [0.3, 0.4) is 0 Å². The van der Waals surface area contributed by atoms with Gasteiger partial charge in [-0.3, -0.25) is 0 Å². The summed E-state index contributed by atoms with van der Waals surface area (Å²) in [6, 6.07) is 12.8. The molecule has 1 aliphatic rings. The van der Waals surface area contributed by atoms with Crippen molar-refractivity contribution in [3.8, 4) is 0 Å². The fourth-order valence-electron chi connectivity index (χ4n) is 4.62. The van der Waals surface area contributed by atoms with E-state index in [0.29, 0.717) is 24.8 Å². The van der Waals surface area contributed by atoms with Gasteiger partial charge in [-0.05, 0) is 49.1 Å². The predicted molar refractivity (Wildman–Crippen MR) is 117 cm³/mol. The Morgan fingerprint density at radius 1 is 1.10 bits per heavy atom. The van der Waals surface area contributed by atoms with Crippen LogP contribution in [-0.4, -0.2) is 21.7 Å². The summed E-state index contributed by atoms with van der Waals surface area (Å²) in [5, 5.41) is 14.7. The van der Waals surface area contributed by atoms with E-state index < -0.39 is 5.97 Å². The molecule has 4 nitrogen and oxygen atoms in total. The van der Waals surface area contributed by atoms with Gasteiger partial charge in [-0.25, -0.2) is 9.18 Å². The van der Waals surface area contributed by atoms with Crippen molar-refractivity contribution in [3.05, 3.63) is 70.7 Å². The Morgan fingerprint density at radius 2 is 1.80 bits per heavy atom. The minimum absolute atomic E-state index is 0.293. The molecule has 5 heteroatoms. The minimum atomic E-state index is -0.927. The van der Waals surface area contributed by atoms with E-state index in [0.717, 1.165) is 40.4 Å². The molecule has 0 unspecified atom stereocenters. The number of aromatic carboxylic acids is 1. The summed E-state index contributed by atoms with van der Waals surface area (Å²) in [5.41, 5.74) is 4.03. The average Bonchev–Trinajstić information content (AvgIpc) is 2.86. The monoisotopic (exact) mass is 408 g/mol. The predicted octanol–water partition coefficient (Wildman–Crippen LogP) is 5.65. The highest BCUT2D eigenvalue weighted by Crippen LogP contribution is 2.29. The number of carboxylic acid groups (broad SMARTS) is 1. The van der Waals surface area contributed by atoms with Crippen LogP contribution in [0.15, 0.2) is 42.5 Å². The summed E-state index contributed by atoms with van der Waals surface area (Å²) in [6.07, 6.45) is 7.33. The SMILES string of the molecule is Cc1ccc2c(CNC3CCCCCC3)c(C(=O)O)n(Cc3ccc(F)cc3)c2c1. The maximum Gasteiger partial charge on any atom is 0.352 e. The van der Waals surface area contributed by atoms with Gasteiger partial charge in [0.05, 0.1) is 0 Å². The van der Waals surface area contributed by atoms with E-state index in [1.165, 1.54) is 37.8 Å². The smallest absolute Gasteiger partial charge is 0.352 e. The number of nitrogens with zero attached hydrogens (tertiary/aromatic N) is 1. The van der Waals surface area contributed by atoms with Crippen LogP contribution in [0, 0.1) is 12.7 Å². The van der Waals surface area contributed by atoms with Gasteiger partial charge in [0.15, 0.2) is 0 Å². The summed E-state index contributed by atoms with van der Waals surface area (Å²) in [4.78, 5) is 12.3. The van der Waals surface area contributed by atoms with E-state index in [1.54, 1.807) is 12.1 Å². The number of benzene rings is 2. The van der Waals surface area contributed by atoms with E-state index >= 15 is 0 Å². The van der Waals surface area contributed by atoms with Crippen LogP contribution in [0.5, 0.6) is 0 Å². The molecule has 1 saturated carbocycles. The topological polar surface area (TPSA) is 54.3 Å². The van der Waals surface area contributed by atoms with E-state index in [-0.39, 0.29) is 5.82 Å². The molecular formula is C25H29FN2O2. The molecule has 0 spiro atoms. The Hall–Kier alpha value is -2.66. The molecule has 0 radical (unpaired) electrons. The fraction of sp³-hybridized carbons (Fsp3) is 0.400. The number of carbonyl (C=O) groups is 1. The van der Waals surface area contributed by atoms with Crippen LogP contribution in [0.1, 0.15) is 65.7 Å². The van der Waals surface area contributed by atoms with E-state index in [2.05, 4.69) is 5.32 Å². The van der Waals surface area contributed by atoms with E-state index in [4.69, 9.17) is 0 Å². The lowest BCUT2D eigenvalue weighted by Gasteiger charge is -2.16. The Kier molecular flexibility index (Phi) is 6.18. The van der Waals surface area contributed by atoms with Gasteiger partial charge in [0.1, 0.15) is 11.5 Å². The lowest BCUT2D eigenvalue weighted by Crippen LogP contribution is -2.28. The van der Waals surface area contributed by atoms with Gasteiger partial charge in [-0.15, -0.1) is 0 Å². The zero-order valence-corrected chi connectivity index (χ0v) is 17.5. The molecule has 0 aliphatic heterocycles. The van der Waals surface area contributed by atoms with Crippen LogP contribution in [-0.2, 0) is 13.1 Å². The quantitative estimate of drug-likeness (QED) is 0.519. The molecule has 0 amide bonds. The highest BCUT2D eigenvalue weighted by atomic mass is 19.1. The zero-order chi connectivity index (χ0) is 21.1. The Balaban J connectivity index is 1.73. The highest BCUT2D eigenvalue weighted by Gasteiger charge is 2.23. The minimum Gasteiger partial charge on any atom is -0.477 e. The molecule has 1 fully saturated rings. The van der Waals surface area contributed by atoms with Gasteiger partial charge in [0, 0.05) is 35.6 Å². The normalized spacial score (nSPS) is 15.4. The second-order valence-electron chi connectivity index (χ2n) is 8.43. The molecule has 2 aromatic carbocycles. The van der Waals surface area contributed by atoms with Crippen molar-refractivity contribution in [1.29, 1.82) is 0 Å². The molecule has 30 heavy (non-hydrogen) atoms. The van der Waals surface area contributed by atoms with Crippen molar-refractivity contribution >= 4 is 16.9 Å². The summed E-state index contributed by atoms with van der Waals surface area (Å²) >= 11 is 0. The number of hydrogen-bond acceptors (Lipinski definition) is 2. The molecule has 0 bridgehead atoms. The van der Waals surface area contributed by atoms with Crippen LogP contribution in [0.4, 0.5) is 4.39 Å². The molecule has 0 atom stereocenters. The number of halogens is 1. The van der Waals surface area contributed by atoms with Crippen LogP contribution in [0.2, 0.25) is 0 Å². The Bertz CT molecular complexity index is 1030. The molecule has 4 rings (SSSR count).